The summed E-state index contributed by atoms with van der Waals surface area (Å²) in [5.74, 6) is -0.137. The molecule has 0 heterocycles. The predicted molar refractivity (Wildman–Crippen MR) is 76.4 cm³/mol. The van der Waals surface area contributed by atoms with Crippen molar-refractivity contribution in [1.82, 2.24) is 4.31 Å². The van der Waals surface area contributed by atoms with Crippen molar-refractivity contribution in [1.29, 1.82) is 0 Å². The van der Waals surface area contributed by atoms with E-state index in [1.807, 2.05) is 6.92 Å². The molecule has 0 spiro atoms. The lowest BCUT2D eigenvalue weighted by molar-refractivity contribution is -0.127. The zero-order valence-corrected chi connectivity index (χ0v) is 13.1. The van der Waals surface area contributed by atoms with Crippen molar-refractivity contribution in [3.8, 4) is 0 Å². The molecule has 1 amide bonds. The van der Waals surface area contributed by atoms with Gasteiger partial charge in [-0.2, -0.15) is 0 Å². The average molecular weight is 379 g/mol. The van der Waals surface area contributed by atoms with Gasteiger partial charge >= 0.3 is 0 Å². The minimum atomic E-state index is -3.70. The number of halogens is 1. The van der Waals surface area contributed by atoms with Gasteiger partial charge in [0.15, 0.2) is 0 Å². The van der Waals surface area contributed by atoms with Gasteiger partial charge in [0, 0.05) is 16.5 Å². The van der Waals surface area contributed by atoms with Crippen LogP contribution in [-0.4, -0.2) is 25.7 Å². The van der Waals surface area contributed by atoms with Crippen LogP contribution in [0.4, 0.5) is 0 Å². The molecule has 0 radical (unpaired) electrons. The number of sulfonamides is 1. The summed E-state index contributed by atoms with van der Waals surface area (Å²) >= 11 is 2.10. The number of hydrogen-bond donors (Lipinski definition) is 0. The maximum absolute atomic E-state index is 12.2. The van der Waals surface area contributed by atoms with Crippen LogP contribution in [0.3, 0.4) is 0 Å². The van der Waals surface area contributed by atoms with Gasteiger partial charge in [0.2, 0.25) is 5.91 Å². The molecule has 0 bridgehead atoms. The molecular formula is C12H14INO3S. The Kier molecular flexibility index (Phi) is 3.68. The van der Waals surface area contributed by atoms with E-state index in [-0.39, 0.29) is 16.7 Å². The summed E-state index contributed by atoms with van der Waals surface area (Å²) in [6, 6.07) is 6.48. The molecule has 0 aromatic heterocycles. The smallest absolute Gasteiger partial charge is 0.266 e. The summed E-state index contributed by atoms with van der Waals surface area (Å²) in [7, 11) is -2.37. The second kappa shape index (κ2) is 4.80. The maximum atomic E-state index is 12.2. The Morgan fingerprint density at radius 2 is 1.83 bits per heavy atom. The second-order valence-corrected chi connectivity index (χ2v) is 7.80. The van der Waals surface area contributed by atoms with E-state index in [0.29, 0.717) is 5.92 Å². The summed E-state index contributed by atoms with van der Waals surface area (Å²) in [6.45, 7) is 1.95. The molecule has 4 nitrogen and oxygen atoms in total. The van der Waals surface area contributed by atoms with Crippen LogP contribution in [0.2, 0.25) is 0 Å². The third-order valence-corrected chi connectivity index (χ3v) is 5.70. The Morgan fingerprint density at radius 3 is 2.28 bits per heavy atom. The quantitative estimate of drug-likeness (QED) is 0.756. The van der Waals surface area contributed by atoms with Crippen molar-refractivity contribution in [3.05, 3.63) is 27.8 Å². The zero-order valence-electron chi connectivity index (χ0n) is 10.1. The number of amides is 1. The third-order valence-electron chi connectivity index (χ3n) is 3.21. The number of benzene rings is 1. The largest absolute Gasteiger partial charge is 0.273 e. The first kappa shape index (κ1) is 13.8. The summed E-state index contributed by atoms with van der Waals surface area (Å²) in [4.78, 5) is 12.1. The van der Waals surface area contributed by atoms with E-state index >= 15 is 0 Å². The maximum Gasteiger partial charge on any atom is 0.266 e. The van der Waals surface area contributed by atoms with Gasteiger partial charge in [0.05, 0.1) is 4.90 Å². The first-order valence-corrected chi connectivity index (χ1v) is 8.14. The molecular weight excluding hydrogens is 365 g/mol. The van der Waals surface area contributed by atoms with Gasteiger partial charge in [-0.15, -0.1) is 0 Å². The van der Waals surface area contributed by atoms with E-state index in [1.165, 1.54) is 19.2 Å². The van der Waals surface area contributed by atoms with Gasteiger partial charge in [-0.05, 0) is 59.2 Å². The minimum absolute atomic E-state index is 0.131. The van der Waals surface area contributed by atoms with Crippen LogP contribution in [0.1, 0.15) is 13.3 Å². The van der Waals surface area contributed by atoms with Crippen molar-refractivity contribution in [3.63, 3.8) is 0 Å². The molecule has 0 aliphatic heterocycles. The fraction of sp³-hybridized carbons (Fsp3) is 0.417. The van der Waals surface area contributed by atoms with Crippen LogP contribution in [0, 0.1) is 15.4 Å². The van der Waals surface area contributed by atoms with Gasteiger partial charge in [-0.25, -0.2) is 12.7 Å². The van der Waals surface area contributed by atoms with Crippen molar-refractivity contribution < 1.29 is 13.2 Å². The molecule has 1 saturated carbocycles. The zero-order chi connectivity index (χ0) is 13.5. The summed E-state index contributed by atoms with van der Waals surface area (Å²) < 4.78 is 26.3. The molecule has 1 aromatic carbocycles. The van der Waals surface area contributed by atoms with Crippen molar-refractivity contribution in [2.24, 2.45) is 11.8 Å². The fourth-order valence-electron chi connectivity index (χ4n) is 1.78. The average Bonchev–Trinajstić information content (AvgIpc) is 3.05. The molecule has 2 atom stereocenters. The molecule has 1 fully saturated rings. The molecule has 0 N–H and O–H groups in total. The molecule has 2 rings (SSSR count). The van der Waals surface area contributed by atoms with Crippen molar-refractivity contribution in [2.75, 3.05) is 7.05 Å². The topological polar surface area (TPSA) is 54.5 Å². The highest BCUT2D eigenvalue weighted by Crippen LogP contribution is 2.39. The monoisotopic (exact) mass is 379 g/mol. The molecule has 1 aromatic rings. The Morgan fingerprint density at radius 1 is 1.33 bits per heavy atom. The van der Waals surface area contributed by atoms with Gasteiger partial charge < -0.3 is 0 Å². The molecule has 0 unspecified atom stereocenters. The van der Waals surface area contributed by atoms with E-state index in [9.17, 15) is 13.2 Å². The first-order valence-electron chi connectivity index (χ1n) is 5.62. The van der Waals surface area contributed by atoms with Gasteiger partial charge in [-0.1, -0.05) is 6.92 Å². The normalized spacial score (nSPS) is 22.6. The van der Waals surface area contributed by atoms with E-state index in [4.69, 9.17) is 0 Å². The summed E-state index contributed by atoms with van der Waals surface area (Å²) in [6.07, 6.45) is 0.783. The fourth-order valence-corrected chi connectivity index (χ4v) is 3.31. The van der Waals surface area contributed by atoms with Crippen LogP contribution in [-0.2, 0) is 14.8 Å². The number of carbonyl (C=O) groups is 1. The van der Waals surface area contributed by atoms with Gasteiger partial charge in [0.25, 0.3) is 10.0 Å². The Balaban J connectivity index is 2.25. The third kappa shape index (κ3) is 2.54. The lowest BCUT2D eigenvalue weighted by atomic mass is 10.3. The Bertz CT molecular complexity index is 567. The van der Waals surface area contributed by atoms with E-state index in [1.54, 1.807) is 12.1 Å². The van der Waals surface area contributed by atoms with Gasteiger partial charge in [0.1, 0.15) is 0 Å². The second-order valence-electron chi connectivity index (χ2n) is 4.58. The highest BCUT2D eigenvalue weighted by molar-refractivity contribution is 14.1. The SMILES string of the molecule is C[C@H]1C[C@@H]1C(=O)N(C)S(=O)(=O)c1ccc(I)cc1. The lowest BCUT2D eigenvalue weighted by Crippen LogP contribution is -2.34. The Labute approximate surface area is 121 Å². The summed E-state index contributed by atoms with van der Waals surface area (Å²) in [5.41, 5.74) is 0. The number of nitrogens with zero attached hydrogens (tertiary/aromatic N) is 1. The van der Waals surface area contributed by atoms with Crippen LogP contribution in [0.15, 0.2) is 29.2 Å². The molecule has 1 aliphatic carbocycles. The first-order chi connectivity index (χ1) is 8.34. The van der Waals surface area contributed by atoms with E-state index in [2.05, 4.69) is 22.6 Å². The molecule has 6 heteroatoms. The Hall–Kier alpha value is -0.630. The van der Waals surface area contributed by atoms with Gasteiger partial charge in [-0.3, -0.25) is 4.79 Å². The standard InChI is InChI=1S/C12H14INO3S/c1-8-7-11(8)12(15)14(2)18(16,17)10-5-3-9(13)4-6-10/h3-6,8,11H,7H2,1-2H3/t8-,11-/m0/s1. The summed E-state index contributed by atoms with van der Waals surface area (Å²) in [5, 5.41) is 0. The van der Waals surface area contributed by atoms with Crippen molar-refractivity contribution >= 4 is 38.5 Å². The number of hydrogen-bond acceptors (Lipinski definition) is 3. The molecule has 0 saturated heterocycles. The highest BCUT2D eigenvalue weighted by Gasteiger charge is 2.43. The number of carbonyl (C=O) groups excluding carboxylic acids is 1. The number of rotatable bonds is 3. The molecule has 1 aliphatic rings. The van der Waals surface area contributed by atoms with Crippen LogP contribution in [0.5, 0.6) is 0 Å². The van der Waals surface area contributed by atoms with E-state index < -0.39 is 10.0 Å². The van der Waals surface area contributed by atoms with Crippen LogP contribution in [0.25, 0.3) is 0 Å². The molecule has 18 heavy (non-hydrogen) atoms. The lowest BCUT2D eigenvalue weighted by Gasteiger charge is -2.17. The van der Waals surface area contributed by atoms with Crippen LogP contribution < -0.4 is 0 Å². The predicted octanol–water partition coefficient (Wildman–Crippen LogP) is 2.09. The van der Waals surface area contributed by atoms with E-state index in [0.717, 1.165) is 14.3 Å². The van der Waals surface area contributed by atoms with Crippen molar-refractivity contribution in [2.45, 2.75) is 18.2 Å². The minimum Gasteiger partial charge on any atom is -0.273 e. The highest BCUT2D eigenvalue weighted by atomic mass is 127. The van der Waals surface area contributed by atoms with Crippen LogP contribution >= 0.6 is 22.6 Å². The molecule has 98 valence electrons.